The molecule has 0 aromatic heterocycles. The van der Waals surface area contributed by atoms with Gasteiger partial charge in [0.25, 0.3) is 10.1 Å². The van der Waals surface area contributed by atoms with E-state index in [2.05, 4.69) is 0 Å². The van der Waals surface area contributed by atoms with Gasteiger partial charge in [0, 0.05) is 5.02 Å². The van der Waals surface area contributed by atoms with Crippen molar-refractivity contribution in [3.63, 3.8) is 0 Å². The van der Waals surface area contributed by atoms with Crippen LogP contribution in [0.1, 0.15) is 15.9 Å². The number of hydrogen-bond donors (Lipinski definition) is 1. The Bertz CT molecular complexity index is 706. The van der Waals surface area contributed by atoms with Gasteiger partial charge >= 0.3 is 5.97 Å². The molecule has 0 amide bonds. The third kappa shape index (κ3) is 8.41. The molecule has 0 unspecified atom stereocenters. The molecule has 2 aromatic carbocycles. The Morgan fingerprint density at radius 1 is 1.14 bits per heavy atom. The minimum atomic E-state index is -3.67. The lowest BCUT2D eigenvalue weighted by atomic mass is 10.2. The zero-order valence-electron chi connectivity index (χ0n) is 11.8. The van der Waals surface area contributed by atoms with Gasteiger partial charge in [-0.2, -0.15) is 8.42 Å². The molecule has 0 aliphatic carbocycles. The highest BCUT2D eigenvalue weighted by molar-refractivity contribution is 7.85. The Morgan fingerprint density at radius 3 is 2.27 bits per heavy atom. The summed E-state index contributed by atoms with van der Waals surface area (Å²) >= 11 is 5.84. The molecule has 118 valence electrons. The number of benzene rings is 2. The van der Waals surface area contributed by atoms with Crippen LogP contribution in [0.4, 0.5) is 0 Å². The number of esters is 1. The Balaban J connectivity index is 0.000000422. The lowest BCUT2D eigenvalue weighted by molar-refractivity contribution is 0.0472. The van der Waals surface area contributed by atoms with Gasteiger partial charge in [-0.1, -0.05) is 41.9 Å². The fourth-order valence-corrected chi connectivity index (χ4v) is 1.65. The lowest BCUT2D eigenvalue weighted by Crippen LogP contribution is -2.04. The van der Waals surface area contributed by atoms with Crippen molar-refractivity contribution in [2.45, 2.75) is 6.61 Å². The van der Waals surface area contributed by atoms with Crippen LogP contribution < -0.4 is 0 Å². The minimum absolute atomic E-state index is 0.230. The molecule has 0 atom stereocenters. The number of carbonyl (C=O) groups excluding carboxylic acids is 1. The van der Waals surface area contributed by atoms with Crippen molar-refractivity contribution >= 4 is 27.7 Å². The maximum absolute atomic E-state index is 11.6. The van der Waals surface area contributed by atoms with E-state index < -0.39 is 10.1 Å². The van der Waals surface area contributed by atoms with Crippen LogP contribution >= 0.6 is 11.6 Å². The Morgan fingerprint density at radius 2 is 1.73 bits per heavy atom. The summed E-state index contributed by atoms with van der Waals surface area (Å²) in [5, 5.41) is 0.637. The van der Waals surface area contributed by atoms with E-state index in [4.69, 9.17) is 20.9 Å². The maximum Gasteiger partial charge on any atom is 0.338 e. The molecule has 0 bridgehead atoms. The Kier molecular flexibility index (Phi) is 7.04. The van der Waals surface area contributed by atoms with Crippen molar-refractivity contribution in [2.24, 2.45) is 0 Å². The van der Waals surface area contributed by atoms with Crippen LogP contribution in [0.5, 0.6) is 0 Å². The molecule has 7 heteroatoms. The molecular weight excluding hydrogens is 328 g/mol. The van der Waals surface area contributed by atoms with E-state index in [0.29, 0.717) is 16.8 Å². The Labute approximate surface area is 134 Å². The normalized spacial score (nSPS) is 10.3. The third-order valence-electron chi connectivity index (χ3n) is 2.27. The maximum atomic E-state index is 11.6. The molecule has 1 N–H and O–H groups in total. The molecule has 0 spiro atoms. The first-order chi connectivity index (χ1) is 10.3. The monoisotopic (exact) mass is 342 g/mol. The molecule has 0 radical (unpaired) electrons. The van der Waals surface area contributed by atoms with Gasteiger partial charge in [0.1, 0.15) is 6.61 Å². The van der Waals surface area contributed by atoms with Crippen LogP contribution in [0.3, 0.4) is 0 Å². The molecule has 2 rings (SSSR count). The molecule has 22 heavy (non-hydrogen) atoms. The Hall–Kier alpha value is -1.89. The summed E-state index contributed by atoms with van der Waals surface area (Å²) in [6.07, 6.45) is 0.715. The zero-order chi connectivity index (χ0) is 16.6. The number of carbonyl (C=O) groups is 1. The topological polar surface area (TPSA) is 80.7 Å². The average Bonchev–Trinajstić information content (AvgIpc) is 2.44. The molecule has 0 aliphatic heterocycles. The van der Waals surface area contributed by atoms with Gasteiger partial charge in [0.05, 0.1) is 11.8 Å². The van der Waals surface area contributed by atoms with Crippen molar-refractivity contribution in [1.82, 2.24) is 0 Å². The summed E-state index contributed by atoms with van der Waals surface area (Å²) in [5.74, 6) is -0.328. The van der Waals surface area contributed by atoms with Crippen LogP contribution in [0, 0.1) is 0 Å². The second-order valence-corrected chi connectivity index (χ2v) is 6.21. The van der Waals surface area contributed by atoms with E-state index in [1.807, 2.05) is 18.2 Å². The zero-order valence-corrected chi connectivity index (χ0v) is 13.3. The fourth-order valence-electron chi connectivity index (χ4n) is 1.43. The molecule has 5 nitrogen and oxygen atoms in total. The summed E-state index contributed by atoms with van der Waals surface area (Å²) in [6, 6.07) is 16.2. The van der Waals surface area contributed by atoms with Gasteiger partial charge in [-0.15, -0.1) is 0 Å². The summed E-state index contributed by atoms with van der Waals surface area (Å²) in [4.78, 5) is 11.6. The standard InChI is InChI=1S/C14H11ClO2.CH4O3S/c15-13-8-4-5-11(9-13)10-17-14(16)12-6-2-1-3-7-12;1-5(2,3)4/h1-9H,10H2;1H3,(H,2,3,4). The minimum Gasteiger partial charge on any atom is -0.457 e. The molecule has 0 fully saturated rings. The average molecular weight is 343 g/mol. The van der Waals surface area contributed by atoms with Crippen molar-refractivity contribution in [1.29, 1.82) is 0 Å². The number of ether oxygens (including phenoxy) is 1. The lowest BCUT2D eigenvalue weighted by Gasteiger charge is -2.05. The van der Waals surface area contributed by atoms with Crippen molar-refractivity contribution in [3.8, 4) is 0 Å². The SMILES string of the molecule is CS(=O)(=O)O.O=C(OCc1cccc(Cl)c1)c1ccccc1. The molecule has 2 aromatic rings. The summed E-state index contributed by atoms with van der Waals surface area (Å²) in [6.45, 7) is 0.230. The molecular formula is C15H15ClO5S. The van der Waals surface area contributed by atoms with Gasteiger partial charge in [0.2, 0.25) is 0 Å². The molecule has 0 aliphatic rings. The van der Waals surface area contributed by atoms with E-state index >= 15 is 0 Å². The van der Waals surface area contributed by atoms with Gasteiger partial charge in [-0.25, -0.2) is 4.79 Å². The number of rotatable bonds is 3. The van der Waals surface area contributed by atoms with Crippen molar-refractivity contribution < 1.29 is 22.5 Å². The second kappa shape index (κ2) is 8.53. The van der Waals surface area contributed by atoms with Crippen LogP contribution in [0.2, 0.25) is 5.02 Å². The summed E-state index contributed by atoms with van der Waals surface area (Å²) < 4.78 is 31.0. The van der Waals surface area contributed by atoms with E-state index in [0.717, 1.165) is 5.56 Å². The predicted molar refractivity (Wildman–Crippen MR) is 84.5 cm³/mol. The first-order valence-electron chi connectivity index (χ1n) is 6.15. The summed E-state index contributed by atoms with van der Waals surface area (Å²) in [7, 11) is -3.67. The van der Waals surface area contributed by atoms with Crippen molar-refractivity contribution in [3.05, 3.63) is 70.7 Å². The van der Waals surface area contributed by atoms with Crippen LogP contribution in [0.15, 0.2) is 54.6 Å². The van der Waals surface area contributed by atoms with Gasteiger partial charge in [-0.3, -0.25) is 4.55 Å². The van der Waals surface area contributed by atoms with E-state index in [1.54, 1.807) is 36.4 Å². The highest BCUT2D eigenvalue weighted by Gasteiger charge is 2.05. The van der Waals surface area contributed by atoms with Crippen molar-refractivity contribution in [2.75, 3.05) is 6.26 Å². The largest absolute Gasteiger partial charge is 0.457 e. The predicted octanol–water partition coefficient (Wildman–Crippen LogP) is 3.20. The molecule has 0 heterocycles. The number of halogens is 1. The van der Waals surface area contributed by atoms with Gasteiger partial charge in [0.15, 0.2) is 0 Å². The van der Waals surface area contributed by atoms with Gasteiger partial charge in [-0.05, 0) is 29.8 Å². The fraction of sp³-hybridized carbons (Fsp3) is 0.133. The molecule has 0 saturated carbocycles. The first kappa shape index (κ1) is 18.2. The van der Waals surface area contributed by atoms with E-state index in [1.165, 1.54) is 0 Å². The quantitative estimate of drug-likeness (QED) is 0.684. The van der Waals surface area contributed by atoms with Crippen LogP contribution in [-0.4, -0.2) is 25.2 Å². The highest BCUT2D eigenvalue weighted by atomic mass is 35.5. The van der Waals surface area contributed by atoms with Gasteiger partial charge < -0.3 is 4.74 Å². The van der Waals surface area contributed by atoms with Crippen LogP contribution in [0.25, 0.3) is 0 Å². The highest BCUT2D eigenvalue weighted by Crippen LogP contribution is 2.12. The second-order valence-electron chi connectivity index (χ2n) is 4.31. The smallest absolute Gasteiger partial charge is 0.338 e. The van der Waals surface area contributed by atoms with Crippen LogP contribution in [-0.2, 0) is 21.5 Å². The number of hydrogen-bond acceptors (Lipinski definition) is 4. The first-order valence-corrected chi connectivity index (χ1v) is 8.37. The third-order valence-corrected chi connectivity index (χ3v) is 2.50. The summed E-state index contributed by atoms with van der Waals surface area (Å²) in [5.41, 5.74) is 1.43. The van der Waals surface area contributed by atoms with E-state index in [9.17, 15) is 13.2 Å². The molecule has 0 saturated heterocycles. The van der Waals surface area contributed by atoms with E-state index in [-0.39, 0.29) is 12.6 Å².